The van der Waals surface area contributed by atoms with Crippen LogP contribution in [0.4, 0.5) is 0 Å². The van der Waals surface area contributed by atoms with Gasteiger partial charge in [0.05, 0.1) is 6.61 Å². The van der Waals surface area contributed by atoms with Gasteiger partial charge in [0.15, 0.2) is 0 Å². The summed E-state index contributed by atoms with van der Waals surface area (Å²) < 4.78 is 5.05. The van der Waals surface area contributed by atoms with Gasteiger partial charge in [-0.1, -0.05) is 13.8 Å². The lowest BCUT2D eigenvalue weighted by atomic mass is 10.1. The number of benzene rings is 1. The Balaban J connectivity index is 2.77. The molecule has 1 aromatic carbocycles. The zero-order valence-corrected chi connectivity index (χ0v) is 12.1. The van der Waals surface area contributed by atoms with Crippen LogP contribution in [0.25, 0.3) is 0 Å². The number of nitrogens with zero attached hydrogens (tertiary/aromatic N) is 1. The van der Waals surface area contributed by atoms with E-state index in [1.165, 1.54) is 0 Å². The quantitative estimate of drug-likeness (QED) is 0.803. The minimum Gasteiger partial charge on any atom is -0.383 e. The molecule has 100 valence electrons. The van der Waals surface area contributed by atoms with E-state index in [1.807, 2.05) is 29.2 Å². The maximum Gasteiger partial charge on any atom is 0.253 e. The van der Waals surface area contributed by atoms with E-state index < -0.39 is 0 Å². The van der Waals surface area contributed by atoms with Crippen LogP contribution in [0.5, 0.6) is 0 Å². The summed E-state index contributed by atoms with van der Waals surface area (Å²) >= 11 is 4.22. The van der Waals surface area contributed by atoms with Crippen LogP contribution in [0.1, 0.15) is 24.2 Å². The summed E-state index contributed by atoms with van der Waals surface area (Å²) in [4.78, 5) is 15.0. The van der Waals surface area contributed by atoms with E-state index in [0.29, 0.717) is 24.6 Å². The fourth-order valence-corrected chi connectivity index (χ4v) is 1.85. The van der Waals surface area contributed by atoms with Gasteiger partial charge in [0.1, 0.15) is 0 Å². The normalized spacial score (nSPS) is 10.7. The number of thiol groups is 1. The summed E-state index contributed by atoms with van der Waals surface area (Å²) in [7, 11) is 1.65. The second kappa shape index (κ2) is 7.44. The Morgan fingerprint density at radius 1 is 1.33 bits per heavy atom. The lowest BCUT2D eigenvalue weighted by Gasteiger charge is -2.24. The number of rotatable bonds is 6. The number of ether oxygens (including phenoxy) is 1. The van der Waals surface area contributed by atoms with Crippen LogP contribution in [0, 0.1) is 5.92 Å². The molecule has 0 bridgehead atoms. The predicted molar refractivity (Wildman–Crippen MR) is 76.3 cm³/mol. The first-order valence-electron chi connectivity index (χ1n) is 6.12. The maximum atomic E-state index is 12.3. The second-order valence-electron chi connectivity index (χ2n) is 4.68. The maximum absolute atomic E-state index is 12.3. The number of hydrogen-bond donors (Lipinski definition) is 1. The van der Waals surface area contributed by atoms with Crippen LogP contribution < -0.4 is 0 Å². The molecule has 18 heavy (non-hydrogen) atoms. The van der Waals surface area contributed by atoms with Gasteiger partial charge >= 0.3 is 0 Å². The highest BCUT2D eigenvalue weighted by molar-refractivity contribution is 7.80. The van der Waals surface area contributed by atoms with Gasteiger partial charge in [-0.3, -0.25) is 4.79 Å². The lowest BCUT2D eigenvalue weighted by Crippen LogP contribution is -2.36. The van der Waals surface area contributed by atoms with Crippen LogP contribution in [-0.2, 0) is 4.74 Å². The molecular weight excluding hydrogens is 246 g/mol. The average molecular weight is 267 g/mol. The third-order valence-electron chi connectivity index (χ3n) is 2.55. The van der Waals surface area contributed by atoms with Crippen molar-refractivity contribution in [1.82, 2.24) is 4.90 Å². The van der Waals surface area contributed by atoms with E-state index in [2.05, 4.69) is 26.5 Å². The minimum atomic E-state index is 0.0501. The summed E-state index contributed by atoms with van der Waals surface area (Å²) in [6.45, 7) is 6.12. The molecule has 0 aliphatic rings. The van der Waals surface area contributed by atoms with E-state index in [1.54, 1.807) is 7.11 Å². The molecule has 1 rings (SSSR count). The van der Waals surface area contributed by atoms with Gasteiger partial charge < -0.3 is 9.64 Å². The number of amides is 1. The van der Waals surface area contributed by atoms with Crippen molar-refractivity contribution in [2.45, 2.75) is 18.7 Å². The van der Waals surface area contributed by atoms with Crippen molar-refractivity contribution in [3.8, 4) is 0 Å². The second-order valence-corrected chi connectivity index (χ2v) is 5.20. The molecule has 0 saturated carbocycles. The fraction of sp³-hybridized carbons (Fsp3) is 0.500. The van der Waals surface area contributed by atoms with Gasteiger partial charge in [0.2, 0.25) is 0 Å². The highest BCUT2D eigenvalue weighted by Crippen LogP contribution is 2.11. The van der Waals surface area contributed by atoms with Crippen molar-refractivity contribution in [2.75, 3.05) is 26.8 Å². The molecule has 1 aromatic rings. The molecule has 0 aliphatic heterocycles. The summed E-state index contributed by atoms with van der Waals surface area (Å²) in [5, 5.41) is 0. The first-order valence-corrected chi connectivity index (χ1v) is 6.56. The smallest absolute Gasteiger partial charge is 0.253 e. The van der Waals surface area contributed by atoms with E-state index in [0.717, 1.165) is 11.4 Å². The molecule has 0 aliphatic carbocycles. The Hall–Kier alpha value is -1.00. The molecule has 0 spiro atoms. The standard InChI is InChI=1S/C14H21NO2S/c1-11(2)10-15(8-9-17-3)14(16)12-4-6-13(18)7-5-12/h4-7,11,18H,8-10H2,1-3H3. The van der Waals surface area contributed by atoms with Crippen molar-refractivity contribution >= 4 is 18.5 Å². The topological polar surface area (TPSA) is 29.5 Å². The van der Waals surface area contributed by atoms with Gasteiger partial charge in [0, 0.05) is 30.7 Å². The first kappa shape index (κ1) is 15.1. The molecule has 0 radical (unpaired) electrons. The zero-order valence-electron chi connectivity index (χ0n) is 11.2. The predicted octanol–water partition coefficient (Wildman–Crippen LogP) is 2.72. The van der Waals surface area contributed by atoms with Crippen LogP contribution in [-0.4, -0.2) is 37.6 Å². The van der Waals surface area contributed by atoms with Crippen molar-refractivity contribution < 1.29 is 9.53 Å². The third-order valence-corrected chi connectivity index (χ3v) is 2.85. The Morgan fingerprint density at radius 3 is 2.44 bits per heavy atom. The molecular formula is C14H21NO2S. The number of carbonyl (C=O) groups excluding carboxylic acids is 1. The van der Waals surface area contributed by atoms with Gasteiger partial charge in [-0.05, 0) is 30.2 Å². The molecule has 0 saturated heterocycles. The van der Waals surface area contributed by atoms with Crippen molar-refractivity contribution in [2.24, 2.45) is 5.92 Å². The Kier molecular flexibility index (Phi) is 6.22. The Bertz CT molecular complexity index is 376. The van der Waals surface area contributed by atoms with Crippen molar-refractivity contribution in [3.63, 3.8) is 0 Å². The Morgan fingerprint density at radius 2 is 1.94 bits per heavy atom. The summed E-state index contributed by atoms with van der Waals surface area (Å²) in [6, 6.07) is 7.29. The minimum absolute atomic E-state index is 0.0501. The number of methoxy groups -OCH3 is 1. The molecule has 0 atom stereocenters. The molecule has 0 aromatic heterocycles. The molecule has 0 unspecified atom stereocenters. The molecule has 0 N–H and O–H groups in total. The van der Waals surface area contributed by atoms with E-state index in [9.17, 15) is 4.79 Å². The highest BCUT2D eigenvalue weighted by Gasteiger charge is 2.16. The summed E-state index contributed by atoms with van der Waals surface area (Å²) in [6.07, 6.45) is 0. The molecule has 0 fully saturated rings. The van der Waals surface area contributed by atoms with Crippen LogP contribution in [0.15, 0.2) is 29.2 Å². The van der Waals surface area contributed by atoms with Crippen molar-refractivity contribution in [1.29, 1.82) is 0 Å². The fourth-order valence-electron chi connectivity index (χ4n) is 1.70. The van der Waals surface area contributed by atoms with Gasteiger partial charge in [0.25, 0.3) is 5.91 Å². The van der Waals surface area contributed by atoms with E-state index >= 15 is 0 Å². The molecule has 3 nitrogen and oxygen atoms in total. The van der Waals surface area contributed by atoms with Crippen LogP contribution in [0.3, 0.4) is 0 Å². The molecule has 4 heteroatoms. The molecule has 0 heterocycles. The largest absolute Gasteiger partial charge is 0.383 e. The van der Waals surface area contributed by atoms with Gasteiger partial charge in [-0.15, -0.1) is 12.6 Å². The number of hydrogen-bond acceptors (Lipinski definition) is 3. The summed E-state index contributed by atoms with van der Waals surface area (Å²) in [5.41, 5.74) is 0.699. The average Bonchev–Trinajstić information content (AvgIpc) is 2.34. The Labute approximate surface area is 115 Å². The van der Waals surface area contributed by atoms with Crippen LogP contribution in [0.2, 0.25) is 0 Å². The van der Waals surface area contributed by atoms with Gasteiger partial charge in [-0.25, -0.2) is 0 Å². The third kappa shape index (κ3) is 4.70. The lowest BCUT2D eigenvalue weighted by molar-refractivity contribution is 0.0672. The number of carbonyl (C=O) groups is 1. The molecule has 1 amide bonds. The zero-order chi connectivity index (χ0) is 13.5. The monoisotopic (exact) mass is 267 g/mol. The van der Waals surface area contributed by atoms with Gasteiger partial charge in [-0.2, -0.15) is 0 Å². The van der Waals surface area contributed by atoms with Crippen molar-refractivity contribution in [3.05, 3.63) is 29.8 Å². The van der Waals surface area contributed by atoms with E-state index in [-0.39, 0.29) is 5.91 Å². The first-order chi connectivity index (χ1) is 8.54. The summed E-state index contributed by atoms with van der Waals surface area (Å²) in [5.74, 6) is 0.490. The highest BCUT2D eigenvalue weighted by atomic mass is 32.1. The SMILES string of the molecule is COCCN(CC(C)C)C(=O)c1ccc(S)cc1. The van der Waals surface area contributed by atoms with E-state index in [4.69, 9.17) is 4.74 Å². The van der Waals surface area contributed by atoms with Crippen LogP contribution >= 0.6 is 12.6 Å².